The summed E-state index contributed by atoms with van der Waals surface area (Å²) in [4.78, 5) is 23.5. The van der Waals surface area contributed by atoms with E-state index in [1.165, 1.54) is 0 Å². The monoisotopic (exact) mass is 401 g/mol. The maximum absolute atomic E-state index is 12.3. The SMILES string of the molecule is COC(=O)[C@@H]1[C@@H](OCc2ccccc2)[C@H](O)[C@H](OCc2ccccc2)[C@H]1[N+](=O)[O-]. The molecule has 1 aliphatic carbocycles. The first-order chi connectivity index (χ1) is 14.0. The fraction of sp³-hybridized carbons (Fsp3) is 0.381. The molecule has 1 N–H and O–H groups in total. The molecule has 0 aromatic heterocycles. The highest BCUT2D eigenvalue weighted by atomic mass is 16.6. The van der Waals surface area contributed by atoms with Crippen molar-refractivity contribution in [3.8, 4) is 0 Å². The summed E-state index contributed by atoms with van der Waals surface area (Å²) in [5.41, 5.74) is 1.61. The predicted octanol–water partition coefficient (Wildman–Crippen LogP) is 1.97. The molecule has 0 amide bonds. The first-order valence-electron chi connectivity index (χ1n) is 9.23. The van der Waals surface area contributed by atoms with Crippen LogP contribution >= 0.6 is 0 Å². The van der Waals surface area contributed by atoms with Gasteiger partial charge in [0.05, 0.1) is 20.3 Å². The molecule has 1 saturated carbocycles. The minimum Gasteiger partial charge on any atom is -0.469 e. The minimum absolute atomic E-state index is 0.0617. The highest BCUT2D eigenvalue weighted by Gasteiger charge is 2.62. The average molecular weight is 401 g/mol. The van der Waals surface area contributed by atoms with Gasteiger partial charge in [-0.3, -0.25) is 14.9 Å². The minimum atomic E-state index is -1.48. The molecule has 2 aromatic carbocycles. The summed E-state index contributed by atoms with van der Waals surface area (Å²) in [6.07, 6.45) is -3.70. The third-order valence-electron chi connectivity index (χ3n) is 5.02. The smallest absolute Gasteiger partial charge is 0.318 e. The van der Waals surface area contributed by atoms with Gasteiger partial charge in [0.25, 0.3) is 6.04 Å². The van der Waals surface area contributed by atoms with Crippen molar-refractivity contribution in [2.24, 2.45) is 5.92 Å². The van der Waals surface area contributed by atoms with Gasteiger partial charge in [-0.15, -0.1) is 0 Å². The second-order valence-electron chi connectivity index (χ2n) is 6.84. The summed E-state index contributed by atoms with van der Waals surface area (Å²) >= 11 is 0. The maximum Gasteiger partial charge on any atom is 0.318 e. The van der Waals surface area contributed by atoms with Crippen LogP contribution in [0.1, 0.15) is 11.1 Å². The molecule has 8 heteroatoms. The Morgan fingerprint density at radius 3 is 1.90 bits per heavy atom. The number of hydrogen-bond acceptors (Lipinski definition) is 7. The Hall–Kier alpha value is -2.81. The Morgan fingerprint density at radius 2 is 1.45 bits per heavy atom. The van der Waals surface area contributed by atoms with Crippen molar-refractivity contribution in [3.05, 3.63) is 81.9 Å². The van der Waals surface area contributed by atoms with Gasteiger partial charge in [0.2, 0.25) is 0 Å². The fourth-order valence-electron chi connectivity index (χ4n) is 3.59. The number of aliphatic hydroxyl groups excluding tert-OH is 1. The van der Waals surface area contributed by atoms with E-state index < -0.39 is 41.2 Å². The number of ether oxygens (including phenoxy) is 3. The van der Waals surface area contributed by atoms with Gasteiger partial charge < -0.3 is 19.3 Å². The normalized spacial score (nSPS) is 26.2. The largest absolute Gasteiger partial charge is 0.469 e. The summed E-state index contributed by atoms with van der Waals surface area (Å²) in [5.74, 6) is -2.09. The van der Waals surface area contributed by atoms with E-state index in [0.29, 0.717) is 0 Å². The Bertz CT molecular complexity index is 814. The van der Waals surface area contributed by atoms with E-state index in [0.717, 1.165) is 18.2 Å². The third-order valence-corrected chi connectivity index (χ3v) is 5.02. The first kappa shape index (κ1) is 20.9. The lowest BCUT2D eigenvalue weighted by molar-refractivity contribution is -0.539. The summed E-state index contributed by atoms with van der Waals surface area (Å²) in [6, 6.07) is 16.8. The van der Waals surface area contributed by atoms with Crippen LogP contribution < -0.4 is 0 Å². The van der Waals surface area contributed by atoms with Gasteiger partial charge in [-0.25, -0.2) is 0 Å². The Kier molecular flexibility index (Phi) is 6.92. The Morgan fingerprint density at radius 1 is 0.966 bits per heavy atom. The van der Waals surface area contributed by atoms with Gasteiger partial charge in [-0.1, -0.05) is 60.7 Å². The van der Waals surface area contributed by atoms with E-state index in [9.17, 15) is 20.0 Å². The number of benzene rings is 2. The lowest BCUT2D eigenvalue weighted by atomic mass is 10.0. The van der Waals surface area contributed by atoms with Crippen LogP contribution in [0.2, 0.25) is 0 Å². The topological polar surface area (TPSA) is 108 Å². The zero-order valence-corrected chi connectivity index (χ0v) is 15.9. The number of carbonyl (C=O) groups is 1. The summed E-state index contributed by atoms with van der Waals surface area (Å²) in [7, 11) is 1.15. The van der Waals surface area contributed by atoms with Crippen molar-refractivity contribution >= 4 is 5.97 Å². The molecule has 1 aliphatic rings. The van der Waals surface area contributed by atoms with Crippen molar-refractivity contribution in [2.45, 2.75) is 37.6 Å². The lowest BCUT2D eigenvalue weighted by Gasteiger charge is -2.21. The molecule has 0 spiro atoms. The number of aliphatic hydroxyl groups is 1. The molecule has 154 valence electrons. The van der Waals surface area contributed by atoms with Crippen LogP contribution in [0.25, 0.3) is 0 Å². The molecule has 0 radical (unpaired) electrons. The number of nitrogens with zero attached hydrogens (tertiary/aromatic N) is 1. The van der Waals surface area contributed by atoms with Crippen LogP contribution in [0.15, 0.2) is 60.7 Å². The first-order valence-corrected chi connectivity index (χ1v) is 9.23. The molecule has 29 heavy (non-hydrogen) atoms. The number of rotatable bonds is 8. The number of hydrogen-bond donors (Lipinski definition) is 1. The van der Waals surface area contributed by atoms with Crippen molar-refractivity contribution in [2.75, 3.05) is 7.11 Å². The van der Waals surface area contributed by atoms with Crippen LogP contribution in [-0.2, 0) is 32.2 Å². The average Bonchev–Trinajstić information content (AvgIpc) is 3.03. The van der Waals surface area contributed by atoms with Crippen LogP contribution in [-0.4, -0.2) is 47.5 Å². The van der Waals surface area contributed by atoms with Gasteiger partial charge in [-0.05, 0) is 11.1 Å². The summed E-state index contributed by atoms with van der Waals surface area (Å²) in [5, 5.41) is 22.5. The molecule has 0 unspecified atom stereocenters. The van der Waals surface area contributed by atoms with Crippen LogP contribution in [0, 0.1) is 16.0 Å². The van der Waals surface area contributed by atoms with E-state index in [-0.39, 0.29) is 13.2 Å². The Labute approximate surface area is 168 Å². The van der Waals surface area contributed by atoms with E-state index in [1.807, 2.05) is 60.7 Å². The van der Waals surface area contributed by atoms with Crippen LogP contribution in [0.5, 0.6) is 0 Å². The van der Waals surface area contributed by atoms with Gasteiger partial charge in [0, 0.05) is 4.92 Å². The molecule has 0 saturated heterocycles. The van der Waals surface area contributed by atoms with Crippen molar-refractivity contribution in [3.63, 3.8) is 0 Å². The molecular weight excluding hydrogens is 378 g/mol. The molecular formula is C21H23NO7. The van der Waals surface area contributed by atoms with E-state index in [1.54, 1.807) is 0 Å². The number of esters is 1. The van der Waals surface area contributed by atoms with E-state index in [4.69, 9.17) is 14.2 Å². The maximum atomic E-state index is 12.3. The zero-order valence-electron chi connectivity index (χ0n) is 15.9. The number of carbonyl (C=O) groups excluding carboxylic acids is 1. The Balaban J connectivity index is 1.81. The summed E-state index contributed by atoms with van der Waals surface area (Å²) in [6.45, 7) is 0.151. The van der Waals surface area contributed by atoms with E-state index >= 15 is 0 Å². The number of nitro groups is 1. The third kappa shape index (κ3) is 4.79. The molecule has 0 bridgehead atoms. The van der Waals surface area contributed by atoms with Crippen molar-refractivity contribution in [1.82, 2.24) is 0 Å². The van der Waals surface area contributed by atoms with Gasteiger partial charge in [0.1, 0.15) is 12.2 Å². The highest BCUT2D eigenvalue weighted by Crippen LogP contribution is 2.35. The second-order valence-corrected chi connectivity index (χ2v) is 6.84. The van der Waals surface area contributed by atoms with Gasteiger partial charge in [0.15, 0.2) is 12.0 Å². The molecule has 0 heterocycles. The van der Waals surface area contributed by atoms with E-state index in [2.05, 4.69) is 0 Å². The zero-order chi connectivity index (χ0) is 20.8. The predicted molar refractivity (Wildman–Crippen MR) is 102 cm³/mol. The standard InChI is InChI=1S/C21H23NO7/c1-27-21(24)16-17(22(25)26)20(29-13-15-10-6-3-7-11-15)18(23)19(16)28-12-14-8-4-2-5-9-14/h2-11,16-20,23H,12-13H2,1H3/t16-,17-,18-,19+,20+/m0/s1. The number of methoxy groups -OCH3 is 1. The van der Waals surface area contributed by atoms with Crippen molar-refractivity contribution < 1.29 is 29.0 Å². The quantitative estimate of drug-likeness (QED) is 0.409. The molecule has 3 rings (SSSR count). The lowest BCUT2D eigenvalue weighted by Crippen LogP contribution is -2.42. The molecule has 5 atom stereocenters. The fourth-order valence-corrected chi connectivity index (χ4v) is 3.59. The van der Waals surface area contributed by atoms with Gasteiger partial charge in [-0.2, -0.15) is 0 Å². The molecule has 0 aliphatic heterocycles. The molecule has 8 nitrogen and oxygen atoms in total. The molecule has 1 fully saturated rings. The van der Waals surface area contributed by atoms with Gasteiger partial charge >= 0.3 is 5.97 Å². The van der Waals surface area contributed by atoms with Crippen LogP contribution in [0.3, 0.4) is 0 Å². The summed E-state index contributed by atoms with van der Waals surface area (Å²) < 4.78 is 16.2. The van der Waals surface area contributed by atoms with Crippen LogP contribution in [0.4, 0.5) is 0 Å². The highest BCUT2D eigenvalue weighted by molar-refractivity contribution is 5.74. The van der Waals surface area contributed by atoms with Crippen molar-refractivity contribution in [1.29, 1.82) is 0 Å². The second kappa shape index (κ2) is 9.60. The molecule has 2 aromatic rings.